The SMILES string of the molecule is CCCCCC[C@@H]1O[C@]23O[C@H]1CC[C@@H]2[C@H](O)CC[C@@H]3O. The molecule has 20 heavy (non-hydrogen) atoms. The maximum Gasteiger partial charge on any atom is 0.200 e. The average Bonchev–Trinajstić information content (AvgIpc) is 2.73. The Hall–Kier alpha value is -0.160. The lowest BCUT2D eigenvalue weighted by Gasteiger charge is -2.47. The second kappa shape index (κ2) is 5.91. The number of rotatable bonds is 5. The number of aliphatic hydroxyl groups is 2. The Kier molecular flexibility index (Phi) is 4.37. The lowest BCUT2D eigenvalue weighted by molar-refractivity contribution is -0.307. The van der Waals surface area contributed by atoms with E-state index in [1.807, 2.05) is 0 Å². The Morgan fingerprint density at radius 3 is 2.65 bits per heavy atom. The van der Waals surface area contributed by atoms with Gasteiger partial charge >= 0.3 is 0 Å². The fourth-order valence-electron chi connectivity index (χ4n) is 4.23. The summed E-state index contributed by atoms with van der Waals surface area (Å²) in [6.07, 6.45) is 8.28. The highest BCUT2D eigenvalue weighted by Crippen LogP contribution is 2.51. The van der Waals surface area contributed by atoms with Crippen LogP contribution < -0.4 is 0 Å². The number of ether oxygens (including phenoxy) is 2. The summed E-state index contributed by atoms with van der Waals surface area (Å²) in [5.74, 6) is -0.959. The van der Waals surface area contributed by atoms with Gasteiger partial charge in [-0.2, -0.15) is 0 Å². The number of unbranched alkanes of at least 4 members (excludes halogenated alkanes) is 3. The van der Waals surface area contributed by atoms with Crippen molar-refractivity contribution in [1.82, 2.24) is 0 Å². The highest BCUT2D eigenvalue weighted by atomic mass is 16.8. The second-order valence-electron chi connectivity index (χ2n) is 6.73. The summed E-state index contributed by atoms with van der Waals surface area (Å²) in [5.41, 5.74) is 0. The Labute approximate surface area is 121 Å². The zero-order chi connectivity index (χ0) is 14.2. The number of aliphatic hydroxyl groups excluding tert-OH is 2. The third-order valence-corrected chi connectivity index (χ3v) is 5.37. The molecule has 2 bridgehead atoms. The Morgan fingerprint density at radius 2 is 1.85 bits per heavy atom. The third-order valence-electron chi connectivity index (χ3n) is 5.37. The van der Waals surface area contributed by atoms with Crippen molar-refractivity contribution in [2.45, 2.75) is 94.9 Å². The van der Waals surface area contributed by atoms with Gasteiger partial charge in [0.15, 0.2) is 0 Å². The molecule has 2 N–H and O–H groups in total. The van der Waals surface area contributed by atoms with Crippen molar-refractivity contribution in [2.24, 2.45) is 5.92 Å². The maximum absolute atomic E-state index is 10.4. The highest BCUT2D eigenvalue weighted by Gasteiger charge is 2.62. The van der Waals surface area contributed by atoms with Crippen LogP contribution >= 0.6 is 0 Å². The van der Waals surface area contributed by atoms with E-state index in [0.717, 1.165) is 25.7 Å². The predicted octanol–water partition coefficient (Wildman–Crippen LogP) is 2.36. The number of hydrogen-bond acceptors (Lipinski definition) is 4. The van der Waals surface area contributed by atoms with Crippen LogP contribution in [-0.2, 0) is 9.47 Å². The highest BCUT2D eigenvalue weighted by molar-refractivity contribution is 5.04. The molecule has 0 unspecified atom stereocenters. The van der Waals surface area contributed by atoms with Gasteiger partial charge in [0.1, 0.15) is 6.10 Å². The smallest absolute Gasteiger partial charge is 0.200 e. The normalized spacial score (nSPS) is 47.2. The van der Waals surface area contributed by atoms with E-state index in [9.17, 15) is 10.2 Å². The van der Waals surface area contributed by atoms with E-state index in [1.165, 1.54) is 19.3 Å². The monoisotopic (exact) mass is 284 g/mol. The first kappa shape index (κ1) is 14.8. The molecule has 0 aromatic carbocycles. The lowest BCUT2D eigenvalue weighted by atomic mass is 9.75. The molecule has 6 atom stereocenters. The topological polar surface area (TPSA) is 58.9 Å². The molecule has 1 aliphatic carbocycles. The van der Waals surface area contributed by atoms with Crippen molar-refractivity contribution in [3.8, 4) is 0 Å². The molecular weight excluding hydrogens is 256 g/mol. The van der Waals surface area contributed by atoms with E-state index in [2.05, 4.69) is 6.92 Å². The van der Waals surface area contributed by atoms with Crippen molar-refractivity contribution < 1.29 is 19.7 Å². The summed E-state index contributed by atoms with van der Waals surface area (Å²) in [6, 6.07) is 0. The summed E-state index contributed by atoms with van der Waals surface area (Å²) < 4.78 is 12.3. The van der Waals surface area contributed by atoms with Crippen molar-refractivity contribution in [3.05, 3.63) is 0 Å². The molecule has 1 saturated carbocycles. The Bertz CT molecular complexity index is 334. The quantitative estimate of drug-likeness (QED) is 0.761. The van der Waals surface area contributed by atoms with Crippen LogP contribution in [0.2, 0.25) is 0 Å². The summed E-state index contributed by atoms with van der Waals surface area (Å²) in [4.78, 5) is 0. The standard InChI is InChI=1S/C16H28O4/c1-2-3-4-5-6-13-14-9-7-11-12(17)8-10-15(18)16(11,19-13)20-14/h11-15,17-18H,2-10H2,1H3/t11-,12-,13+,14+,15+,16+/m1/s1. The molecular formula is C16H28O4. The molecule has 3 rings (SSSR count). The van der Waals surface area contributed by atoms with Gasteiger partial charge in [-0.15, -0.1) is 0 Å². The van der Waals surface area contributed by atoms with Crippen LogP contribution in [0.3, 0.4) is 0 Å². The van der Waals surface area contributed by atoms with Gasteiger partial charge < -0.3 is 19.7 Å². The van der Waals surface area contributed by atoms with Gasteiger partial charge in [0.2, 0.25) is 5.79 Å². The zero-order valence-corrected chi connectivity index (χ0v) is 12.5. The minimum Gasteiger partial charge on any atom is -0.393 e. The van der Waals surface area contributed by atoms with E-state index in [0.29, 0.717) is 12.8 Å². The van der Waals surface area contributed by atoms with Crippen LogP contribution in [-0.4, -0.2) is 40.4 Å². The summed E-state index contributed by atoms with van der Waals surface area (Å²) in [5, 5.41) is 20.6. The maximum atomic E-state index is 10.4. The van der Waals surface area contributed by atoms with Gasteiger partial charge in [-0.25, -0.2) is 0 Å². The van der Waals surface area contributed by atoms with Crippen LogP contribution in [0.1, 0.15) is 64.7 Å². The molecule has 2 saturated heterocycles. The van der Waals surface area contributed by atoms with Gasteiger partial charge in [-0.05, 0) is 32.1 Å². The Balaban J connectivity index is 1.65. The molecule has 2 aliphatic heterocycles. The molecule has 1 spiro atoms. The van der Waals surface area contributed by atoms with Crippen molar-refractivity contribution in [1.29, 1.82) is 0 Å². The van der Waals surface area contributed by atoms with E-state index in [-0.39, 0.29) is 18.1 Å². The van der Waals surface area contributed by atoms with Crippen LogP contribution in [0.15, 0.2) is 0 Å². The van der Waals surface area contributed by atoms with Crippen LogP contribution in [0.5, 0.6) is 0 Å². The average molecular weight is 284 g/mol. The zero-order valence-electron chi connectivity index (χ0n) is 12.5. The molecule has 116 valence electrons. The summed E-state index contributed by atoms with van der Waals surface area (Å²) >= 11 is 0. The fourth-order valence-corrected chi connectivity index (χ4v) is 4.23. The van der Waals surface area contributed by atoms with Gasteiger partial charge in [-0.1, -0.05) is 32.6 Å². The largest absolute Gasteiger partial charge is 0.393 e. The first-order valence-corrected chi connectivity index (χ1v) is 8.39. The van der Waals surface area contributed by atoms with Gasteiger partial charge in [0, 0.05) is 5.92 Å². The fraction of sp³-hybridized carbons (Fsp3) is 1.00. The van der Waals surface area contributed by atoms with Gasteiger partial charge in [0.25, 0.3) is 0 Å². The second-order valence-corrected chi connectivity index (χ2v) is 6.73. The number of hydrogen-bond donors (Lipinski definition) is 2. The summed E-state index contributed by atoms with van der Waals surface area (Å²) in [7, 11) is 0. The first-order chi connectivity index (χ1) is 9.67. The van der Waals surface area contributed by atoms with E-state index >= 15 is 0 Å². The molecule has 0 radical (unpaired) electrons. The van der Waals surface area contributed by atoms with Crippen molar-refractivity contribution >= 4 is 0 Å². The molecule has 0 aromatic rings. The van der Waals surface area contributed by atoms with E-state index in [1.54, 1.807) is 0 Å². The molecule has 4 nitrogen and oxygen atoms in total. The molecule has 4 heteroatoms. The van der Waals surface area contributed by atoms with Gasteiger partial charge in [-0.3, -0.25) is 0 Å². The molecule has 0 aromatic heterocycles. The minimum atomic E-state index is -0.907. The molecule has 2 heterocycles. The summed E-state index contributed by atoms with van der Waals surface area (Å²) in [6.45, 7) is 2.21. The van der Waals surface area contributed by atoms with Gasteiger partial charge in [0.05, 0.1) is 18.3 Å². The first-order valence-electron chi connectivity index (χ1n) is 8.39. The molecule has 3 aliphatic rings. The van der Waals surface area contributed by atoms with Crippen molar-refractivity contribution in [2.75, 3.05) is 0 Å². The third kappa shape index (κ3) is 2.41. The van der Waals surface area contributed by atoms with Crippen LogP contribution in [0.25, 0.3) is 0 Å². The van der Waals surface area contributed by atoms with Crippen molar-refractivity contribution in [3.63, 3.8) is 0 Å². The van der Waals surface area contributed by atoms with Crippen LogP contribution in [0, 0.1) is 5.92 Å². The minimum absolute atomic E-state index is 0.0526. The number of fused-ring (bicyclic) bond motifs is 1. The molecule has 3 fully saturated rings. The predicted molar refractivity (Wildman–Crippen MR) is 75.2 cm³/mol. The van der Waals surface area contributed by atoms with E-state index in [4.69, 9.17) is 9.47 Å². The van der Waals surface area contributed by atoms with Crippen LogP contribution in [0.4, 0.5) is 0 Å². The lowest BCUT2D eigenvalue weighted by Crippen LogP contribution is -2.59. The molecule has 0 amide bonds. The Morgan fingerprint density at radius 1 is 1.00 bits per heavy atom. The van der Waals surface area contributed by atoms with E-state index < -0.39 is 18.0 Å².